The molecule has 1 heterocycles. The molecule has 132 valence electrons. The largest absolute Gasteiger partial charge is 0.479 e. The van der Waals surface area contributed by atoms with Crippen molar-refractivity contribution in [3.8, 4) is 0 Å². The third-order valence-electron chi connectivity index (χ3n) is 3.05. The zero-order valence-electron chi connectivity index (χ0n) is 14.9. The van der Waals surface area contributed by atoms with Crippen LogP contribution < -0.4 is 0 Å². The van der Waals surface area contributed by atoms with Crippen LogP contribution in [0.1, 0.15) is 48.0 Å². The first-order valence-corrected chi connectivity index (χ1v) is 8.01. The number of hydrogen-bond acceptors (Lipinski definition) is 5. The minimum atomic E-state index is -0.873. The van der Waals surface area contributed by atoms with Crippen molar-refractivity contribution >= 4 is 6.09 Å². The highest BCUT2D eigenvalue weighted by molar-refractivity contribution is 5.73. The lowest BCUT2D eigenvalue weighted by molar-refractivity contribution is 0.0249. The lowest BCUT2D eigenvalue weighted by Gasteiger charge is -2.25. The smallest absolute Gasteiger partial charge is 0.415 e. The molecule has 1 amide bonds. The second-order valence-electron chi connectivity index (χ2n) is 7.03. The zero-order chi connectivity index (χ0) is 17.8. The van der Waals surface area contributed by atoms with Gasteiger partial charge in [-0.25, -0.2) is 4.79 Å². The third kappa shape index (κ3) is 5.46. The van der Waals surface area contributed by atoms with Crippen LogP contribution >= 0.6 is 0 Å². The number of ether oxygens (including phenoxy) is 2. The van der Waals surface area contributed by atoms with E-state index in [1.165, 1.54) is 4.90 Å². The first-order chi connectivity index (χ1) is 10.6. The van der Waals surface area contributed by atoms with E-state index in [-0.39, 0.29) is 24.1 Å². The van der Waals surface area contributed by atoms with Crippen LogP contribution in [0.15, 0.2) is 23.3 Å². The molecule has 0 saturated carbocycles. The molecule has 0 bridgehead atoms. The van der Waals surface area contributed by atoms with E-state index in [1.807, 2.05) is 20.8 Å². The molecule has 23 heavy (non-hydrogen) atoms. The third-order valence-corrected chi connectivity index (χ3v) is 3.05. The van der Waals surface area contributed by atoms with E-state index >= 15 is 0 Å². The van der Waals surface area contributed by atoms with Gasteiger partial charge in [0.25, 0.3) is 0 Å². The van der Waals surface area contributed by atoms with Crippen molar-refractivity contribution in [1.29, 1.82) is 0 Å². The van der Waals surface area contributed by atoms with E-state index in [0.29, 0.717) is 18.6 Å². The van der Waals surface area contributed by atoms with Crippen LogP contribution in [0.3, 0.4) is 0 Å². The Bertz CT molecular complexity index is 488. The zero-order valence-corrected chi connectivity index (χ0v) is 14.9. The van der Waals surface area contributed by atoms with Gasteiger partial charge in [-0.2, -0.15) is 0 Å². The van der Waals surface area contributed by atoms with E-state index in [4.69, 9.17) is 9.47 Å². The maximum Gasteiger partial charge on any atom is 0.415 e. The highest BCUT2D eigenvalue weighted by Crippen LogP contribution is 2.32. The van der Waals surface area contributed by atoms with E-state index in [1.54, 1.807) is 26.8 Å². The summed E-state index contributed by atoms with van der Waals surface area (Å²) in [5.74, 6) is -0.140. The molecule has 0 spiro atoms. The quantitative estimate of drug-likeness (QED) is 0.774. The summed E-state index contributed by atoms with van der Waals surface area (Å²) < 4.78 is 10.7. The lowest BCUT2D eigenvalue weighted by Crippen LogP contribution is -2.35. The second kappa shape index (κ2) is 7.73. The standard InChI is InChI=1S/C17H29NO5/c1-7-8-12-13(19)9-18(16(21)23-17(4,5)6)14(12)15(20)22-10-11(2)3/h8,11,13,19-20H,7,9-10H2,1-6H3/b12-8-,15-14+/t13-/m0/s1. The number of nitrogens with zero attached hydrogens (tertiary/aromatic N) is 1. The predicted octanol–water partition coefficient (Wildman–Crippen LogP) is 3.33. The van der Waals surface area contributed by atoms with Crippen LogP contribution in [0.2, 0.25) is 0 Å². The normalized spacial score (nSPS) is 22.7. The van der Waals surface area contributed by atoms with Gasteiger partial charge in [0.2, 0.25) is 0 Å². The van der Waals surface area contributed by atoms with Crippen molar-refractivity contribution < 1.29 is 24.5 Å². The molecule has 6 nitrogen and oxygen atoms in total. The van der Waals surface area contributed by atoms with Crippen molar-refractivity contribution in [2.24, 2.45) is 5.92 Å². The Morgan fingerprint density at radius 2 is 2.04 bits per heavy atom. The fourth-order valence-electron chi connectivity index (χ4n) is 2.16. The number of carbonyl (C=O) groups excluding carboxylic acids is 1. The molecule has 1 aliphatic rings. The number of hydrogen-bond donors (Lipinski definition) is 2. The molecule has 1 fully saturated rings. The lowest BCUT2D eigenvalue weighted by atomic mass is 10.1. The van der Waals surface area contributed by atoms with Crippen molar-refractivity contribution in [2.75, 3.05) is 13.2 Å². The Labute approximate surface area is 138 Å². The van der Waals surface area contributed by atoms with Crippen molar-refractivity contribution in [3.63, 3.8) is 0 Å². The molecule has 1 atom stereocenters. The van der Waals surface area contributed by atoms with E-state index in [0.717, 1.165) is 0 Å². The molecule has 0 aliphatic carbocycles. The second-order valence-corrected chi connectivity index (χ2v) is 7.03. The Morgan fingerprint density at radius 3 is 2.52 bits per heavy atom. The molecule has 1 rings (SSSR count). The summed E-state index contributed by atoms with van der Waals surface area (Å²) in [6.07, 6.45) is 0.947. The fourth-order valence-corrected chi connectivity index (χ4v) is 2.16. The minimum absolute atomic E-state index is 0.0329. The first kappa shape index (κ1) is 19.4. The number of carbonyl (C=O) groups is 1. The Morgan fingerprint density at radius 1 is 1.43 bits per heavy atom. The van der Waals surface area contributed by atoms with Gasteiger partial charge in [0, 0.05) is 5.57 Å². The van der Waals surface area contributed by atoms with E-state index in [2.05, 4.69) is 0 Å². The average Bonchev–Trinajstić information content (AvgIpc) is 2.72. The predicted molar refractivity (Wildman–Crippen MR) is 87.8 cm³/mol. The molecule has 2 N–H and O–H groups in total. The van der Waals surface area contributed by atoms with Crippen LogP contribution in [0.25, 0.3) is 0 Å². The number of β-amino-alcohol motifs (C(OH)–C–C–N with tert-alkyl or cyclic N) is 1. The average molecular weight is 327 g/mol. The monoisotopic (exact) mass is 327 g/mol. The topological polar surface area (TPSA) is 79.2 Å². The van der Waals surface area contributed by atoms with Gasteiger partial charge in [0.05, 0.1) is 19.3 Å². The van der Waals surface area contributed by atoms with Crippen molar-refractivity contribution in [1.82, 2.24) is 4.90 Å². The molecule has 0 aromatic rings. The highest BCUT2D eigenvalue weighted by atomic mass is 16.6. The summed E-state index contributed by atoms with van der Waals surface area (Å²) in [6.45, 7) is 11.5. The van der Waals surface area contributed by atoms with Gasteiger partial charge in [-0.15, -0.1) is 0 Å². The molecule has 1 saturated heterocycles. The highest BCUT2D eigenvalue weighted by Gasteiger charge is 2.39. The van der Waals surface area contributed by atoms with Gasteiger partial charge in [-0.05, 0) is 33.1 Å². The molecule has 0 aromatic carbocycles. The molecular weight excluding hydrogens is 298 g/mol. The summed E-state index contributed by atoms with van der Waals surface area (Å²) in [5.41, 5.74) is 0.00700. The van der Waals surface area contributed by atoms with Crippen LogP contribution in [0, 0.1) is 5.92 Å². The number of rotatable bonds is 4. The maximum atomic E-state index is 12.4. The van der Waals surface area contributed by atoms with Gasteiger partial charge in [0.15, 0.2) is 0 Å². The Kier molecular flexibility index (Phi) is 6.50. The molecule has 1 aliphatic heterocycles. The molecule has 0 unspecified atom stereocenters. The molecular formula is C17H29NO5. The number of amides is 1. The minimum Gasteiger partial charge on any atom is -0.479 e. The molecule has 0 radical (unpaired) electrons. The summed E-state index contributed by atoms with van der Waals surface area (Å²) in [6, 6.07) is 0. The maximum absolute atomic E-state index is 12.4. The Hall–Kier alpha value is -1.69. The Balaban J connectivity index is 3.15. The van der Waals surface area contributed by atoms with Crippen LogP contribution in [-0.4, -0.2) is 46.1 Å². The first-order valence-electron chi connectivity index (χ1n) is 8.01. The summed E-state index contributed by atoms with van der Waals surface area (Å²) in [5, 5.41) is 20.5. The summed E-state index contributed by atoms with van der Waals surface area (Å²) >= 11 is 0. The summed E-state index contributed by atoms with van der Waals surface area (Å²) in [7, 11) is 0. The van der Waals surface area contributed by atoms with Crippen molar-refractivity contribution in [2.45, 2.75) is 59.7 Å². The number of allylic oxidation sites excluding steroid dienone is 1. The molecule has 0 aromatic heterocycles. The number of aliphatic hydroxyl groups excluding tert-OH is 2. The van der Waals surface area contributed by atoms with Gasteiger partial charge in [-0.3, -0.25) is 4.90 Å². The molecule has 6 heteroatoms. The summed E-state index contributed by atoms with van der Waals surface area (Å²) in [4.78, 5) is 13.6. The number of aliphatic hydroxyl groups is 2. The van der Waals surface area contributed by atoms with E-state index < -0.39 is 17.8 Å². The van der Waals surface area contributed by atoms with Crippen LogP contribution in [0.4, 0.5) is 4.79 Å². The van der Waals surface area contributed by atoms with Gasteiger partial charge >= 0.3 is 12.0 Å². The van der Waals surface area contributed by atoms with Crippen LogP contribution in [-0.2, 0) is 9.47 Å². The van der Waals surface area contributed by atoms with Crippen molar-refractivity contribution in [3.05, 3.63) is 23.3 Å². The van der Waals surface area contributed by atoms with E-state index in [9.17, 15) is 15.0 Å². The van der Waals surface area contributed by atoms with Crippen LogP contribution in [0.5, 0.6) is 0 Å². The van der Waals surface area contributed by atoms with Gasteiger partial charge < -0.3 is 19.7 Å². The van der Waals surface area contributed by atoms with Gasteiger partial charge in [-0.1, -0.05) is 26.8 Å². The SMILES string of the molecule is CC/C=C1\C(=C(\O)OCC(C)C)N(C(=O)OC(C)(C)C)C[C@@H]1O. The number of likely N-dealkylation sites (tertiary alicyclic amines) is 1. The fraction of sp³-hybridized carbons (Fsp3) is 0.706. The van der Waals surface area contributed by atoms with Gasteiger partial charge in [0.1, 0.15) is 11.3 Å².